The third kappa shape index (κ3) is 5.79. The average Bonchev–Trinajstić information content (AvgIpc) is 2.84. The number of nitrogens with zero attached hydrogens (tertiary/aromatic N) is 2. The predicted molar refractivity (Wildman–Crippen MR) is 138 cm³/mol. The standard InChI is InChI=1S/C26H24ClN3O3S/c1-17-8-11-20(14-22(17)27)28-25(32)23-15-24(31)30(16-18-9-12-21(33-2)13-10-18)26(34-23)29-19-6-4-3-5-7-19/h3-14,23H,15-16H2,1-2H3,(H,28,32). The highest BCUT2D eigenvalue weighted by Crippen LogP contribution is 2.31. The molecule has 1 heterocycles. The van der Waals surface area contributed by atoms with E-state index in [4.69, 9.17) is 21.3 Å². The van der Waals surface area contributed by atoms with E-state index in [1.54, 1.807) is 24.1 Å². The van der Waals surface area contributed by atoms with Crippen molar-refractivity contribution < 1.29 is 14.3 Å². The van der Waals surface area contributed by atoms with E-state index < -0.39 is 5.25 Å². The van der Waals surface area contributed by atoms with Crippen molar-refractivity contribution in [2.45, 2.75) is 25.1 Å². The van der Waals surface area contributed by atoms with Crippen molar-refractivity contribution in [1.82, 2.24) is 4.90 Å². The predicted octanol–water partition coefficient (Wildman–Crippen LogP) is 5.82. The van der Waals surface area contributed by atoms with Crippen LogP contribution in [-0.4, -0.2) is 34.2 Å². The second-order valence-corrected chi connectivity index (χ2v) is 9.40. The van der Waals surface area contributed by atoms with E-state index in [0.717, 1.165) is 16.9 Å². The lowest BCUT2D eigenvalue weighted by atomic mass is 10.2. The molecule has 0 spiro atoms. The third-order valence-electron chi connectivity index (χ3n) is 5.35. The van der Waals surface area contributed by atoms with Gasteiger partial charge in [-0.3, -0.25) is 14.5 Å². The minimum atomic E-state index is -0.609. The van der Waals surface area contributed by atoms with Crippen LogP contribution in [0.15, 0.2) is 77.8 Å². The lowest BCUT2D eigenvalue weighted by molar-refractivity contribution is -0.129. The van der Waals surface area contributed by atoms with Gasteiger partial charge in [0.1, 0.15) is 11.0 Å². The van der Waals surface area contributed by atoms with Crippen LogP contribution in [0.2, 0.25) is 5.02 Å². The molecule has 0 bridgehead atoms. The topological polar surface area (TPSA) is 71.0 Å². The Morgan fingerprint density at radius 2 is 1.88 bits per heavy atom. The maximum Gasteiger partial charge on any atom is 0.238 e. The van der Waals surface area contributed by atoms with Gasteiger partial charge in [0, 0.05) is 17.1 Å². The van der Waals surface area contributed by atoms with Crippen LogP contribution in [0, 0.1) is 6.92 Å². The van der Waals surface area contributed by atoms with Crippen molar-refractivity contribution in [1.29, 1.82) is 0 Å². The van der Waals surface area contributed by atoms with Crippen LogP contribution >= 0.6 is 23.4 Å². The Morgan fingerprint density at radius 1 is 1.15 bits per heavy atom. The van der Waals surface area contributed by atoms with Gasteiger partial charge in [0.25, 0.3) is 0 Å². The van der Waals surface area contributed by atoms with Crippen LogP contribution in [0.1, 0.15) is 17.5 Å². The second kappa shape index (κ2) is 10.8. The zero-order valence-corrected chi connectivity index (χ0v) is 20.4. The number of amides is 2. The molecule has 8 heteroatoms. The summed E-state index contributed by atoms with van der Waals surface area (Å²) in [6, 6.07) is 22.3. The van der Waals surface area contributed by atoms with Crippen LogP contribution in [0.4, 0.5) is 11.4 Å². The zero-order valence-electron chi connectivity index (χ0n) is 18.8. The van der Waals surface area contributed by atoms with Gasteiger partial charge in [0.05, 0.1) is 19.3 Å². The molecule has 0 radical (unpaired) electrons. The Labute approximate surface area is 208 Å². The van der Waals surface area contributed by atoms with E-state index in [1.165, 1.54) is 11.8 Å². The molecule has 1 fully saturated rings. The number of para-hydroxylation sites is 1. The summed E-state index contributed by atoms with van der Waals surface area (Å²) < 4.78 is 5.22. The van der Waals surface area contributed by atoms with Gasteiger partial charge in [-0.1, -0.05) is 59.8 Å². The number of hydrogen-bond donors (Lipinski definition) is 1. The molecule has 1 aliphatic rings. The highest BCUT2D eigenvalue weighted by molar-refractivity contribution is 8.15. The number of thioether (sulfide) groups is 1. The van der Waals surface area contributed by atoms with Crippen molar-refractivity contribution in [3.8, 4) is 5.75 Å². The van der Waals surface area contributed by atoms with E-state index in [2.05, 4.69) is 5.32 Å². The number of aryl methyl sites for hydroxylation is 1. The number of carbonyl (C=O) groups is 2. The van der Waals surface area contributed by atoms with Crippen molar-refractivity contribution in [2.24, 2.45) is 4.99 Å². The highest BCUT2D eigenvalue weighted by atomic mass is 35.5. The first kappa shape index (κ1) is 23.9. The van der Waals surface area contributed by atoms with Gasteiger partial charge in [0.2, 0.25) is 11.8 Å². The van der Waals surface area contributed by atoms with Crippen molar-refractivity contribution in [3.63, 3.8) is 0 Å². The van der Waals surface area contributed by atoms with E-state index in [0.29, 0.717) is 28.1 Å². The number of carbonyl (C=O) groups excluding carboxylic acids is 2. The van der Waals surface area contributed by atoms with E-state index >= 15 is 0 Å². The summed E-state index contributed by atoms with van der Waals surface area (Å²) in [4.78, 5) is 32.6. The first-order chi connectivity index (χ1) is 16.4. The van der Waals surface area contributed by atoms with Crippen LogP contribution in [0.25, 0.3) is 0 Å². The fourth-order valence-electron chi connectivity index (χ4n) is 3.42. The maximum absolute atomic E-state index is 13.2. The Hall–Kier alpha value is -3.29. The van der Waals surface area contributed by atoms with Crippen LogP contribution < -0.4 is 10.1 Å². The number of nitrogens with one attached hydrogen (secondary N) is 1. The number of methoxy groups -OCH3 is 1. The average molecular weight is 494 g/mol. The fraction of sp³-hybridized carbons (Fsp3) is 0.192. The molecule has 1 atom stereocenters. The Bertz CT molecular complexity index is 1220. The molecule has 3 aromatic carbocycles. The molecule has 174 valence electrons. The first-order valence-electron chi connectivity index (χ1n) is 10.7. The number of anilines is 1. The molecule has 1 saturated heterocycles. The van der Waals surface area contributed by atoms with E-state index in [-0.39, 0.29) is 18.2 Å². The minimum absolute atomic E-state index is 0.0695. The summed E-state index contributed by atoms with van der Waals surface area (Å²) in [7, 11) is 1.61. The minimum Gasteiger partial charge on any atom is -0.497 e. The van der Waals surface area contributed by atoms with Crippen LogP contribution in [-0.2, 0) is 16.1 Å². The van der Waals surface area contributed by atoms with Gasteiger partial charge in [0.15, 0.2) is 5.17 Å². The molecule has 1 N–H and O–H groups in total. The van der Waals surface area contributed by atoms with Crippen molar-refractivity contribution >= 4 is 51.7 Å². The number of halogens is 1. The Balaban J connectivity index is 1.57. The second-order valence-electron chi connectivity index (χ2n) is 7.82. The summed E-state index contributed by atoms with van der Waals surface area (Å²) in [5.41, 5.74) is 3.17. The summed E-state index contributed by atoms with van der Waals surface area (Å²) >= 11 is 7.48. The smallest absolute Gasteiger partial charge is 0.238 e. The van der Waals surface area contributed by atoms with E-state index in [1.807, 2.05) is 67.6 Å². The SMILES string of the molecule is COc1ccc(CN2C(=O)CC(C(=O)Nc3ccc(C)c(Cl)c3)SC2=Nc2ccccc2)cc1. The lowest BCUT2D eigenvalue weighted by Gasteiger charge is -2.32. The number of amidine groups is 1. The summed E-state index contributed by atoms with van der Waals surface area (Å²) in [5, 5.41) is 3.33. The van der Waals surface area contributed by atoms with Crippen LogP contribution in [0.5, 0.6) is 5.75 Å². The molecule has 1 unspecified atom stereocenters. The van der Waals surface area contributed by atoms with Gasteiger partial charge in [-0.2, -0.15) is 0 Å². The number of ether oxygens (including phenoxy) is 1. The fourth-order valence-corrected chi connectivity index (χ4v) is 4.70. The number of aliphatic imine (C=N–C) groups is 1. The molecule has 34 heavy (non-hydrogen) atoms. The molecule has 6 nitrogen and oxygen atoms in total. The number of benzene rings is 3. The van der Waals surface area contributed by atoms with E-state index in [9.17, 15) is 9.59 Å². The summed E-state index contributed by atoms with van der Waals surface area (Å²) in [5.74, 6) is 0.323. The van der Waals surface area contributed by atoms with Crippen molar-refractivity contribution in [3.05, 3.63) is 88.9 Å². The van der Waals surface area contributed by atoms with Gasteiger partial charge in [-0.05, 0) is 54.4 Å². The number of hydrogen-bond acceptors (Lipinski definition) is 5. The summed E-state index contributed by atoms with van der Waals surface area (Å²) in [6.45, 7) is 2.25. The molecule has 2 amide bonds. The highest BCUT2D eigenvalue weighted by Gasteiger charge is 2.36. The first-order valence-corrected chi connectivity index (χ1v) is 12.0. The Kier molecular flexibility index (Phi) is 7.55. The maximum atomic E-state index is 13.2. The lowest BCUT2D eigenvalue weighted by Crippen LogP contribution is -2.44. The largest absolute Gasteiger partial charge is 0.497 e. The number of rotatable bonds is 6. The molecule has 4 rings (SSSR count). The Morgan fingerprint density at radius 3 is 2.56 bits per heavy atom. The quantitative estimate of drug-likeness (QED) is 0.470. The molecule has 0 aliphatic carbocycles. The van der Waals surface area contributed by atoms with Gasteiger partial charge in [-0.15, -0.1) is 0 Å². The normalized spacial score (nSPS) is 17.0. The van der Waals surface area contributed by atoms with Gasteiger partial charge in [-0.25, -0.2) is 4.99 Å². The molecular weight excluding hydrogens is 470 g/mol. The van der Waals surface area contributed by atoms with Gasteiger partial charge < -0.3 is 10.1 Å². The molecular formula is C26H24ClN3O3S. The molecule has 0 saturated carbocycles. The van der Waals surface area contributed by atoms with Crippen molar-refractivity contribution in [2.75, 3.05) is 12.4 Å². The zero-order chi connectivity index (χ0) is 24.1. The van der Waals surface area contributed by atoms with Gasteiger partial charge >= 0.3 is 0 Å². The monoisotopic (exact) mass is 493 g/mol. The summed E-state index contributed by atoms with van der Waals surface area (Å²) in [6.07, 6.45) is 0.0695. The molecule has 3 aromatic rings. The molecule has 1 aliphatic heterocycles. The van der Waals surface area contributed by atoms with Crippen LogP contribution in [0.3, 0.4) is 0 Å². The third-order valence-corrected chi connectivity index (χ3v) is 6.95. The molecule has 0 aromatic heterocycles.